The number of carbonyl (C=O) groups is 1. The van der Waals surface area contributed by atoms with Gasteiger partial charge in [0, 0.05) is 6.04 Å². The molecule has 7 nitrogen and oxygen atoms in total. The average molecular weight is 334 g/mol. The van der Waals surface area contributed by atoms with Gasteiger partial charge in [-0.15, -0.1) is 0 Å². The van der Waals surface area contributed by atoms with E-state index in [1.807, 2.05) is 0 Å². The van der Waals surface area contributed by atoms with Crippen LogP contribution < -0.4 is 16.2 Å². The van der Waals surface area contributed by atoms with Crippen LogP contribution in [-0.4, -0.2) is 33.6 Å². The van der Waals surface area contributed by atoms with Crippen LogP contribution in [0.1, 0.15) is 6.92 Å². The zero-order valence-electron chi connectivity index (χ0n) is 11.3. The Balaban J connectivity index is 2.29. The first-order valence-electron chi connectivity index (χ1n) is 6.12. The van der Waals surface area contributed by atoms with E-state index in [0.29, 0.717) is 0 Å². The van der Waals surface area contributed by atoms with Gasteiger partial charge in [-0.05, 0) is 25.1 Å². The number of nitrogens with two attached hydrogens (primary N) is 2. The number of halogens is 1. The zero-order valence-corrected chi connectivity index (χ0v) is 12.9. The van der Waals surface area contributed by atoms with Crippen molar-refractivity contribution in [2.75, 3.05) is 18.5 Å². The second-order valence-corrected chi connectivity index (χ2v) is 7.15. The molecule has 1 amide bonds. The van der Waals surface area contributed by atoms with Crippen LogP contribution in [0.3, 0.4) is 0 Å². The van der Waals surface area contributed by atoms with E-state index < -0.39 is 21.5 Å². The zero-order chi connectivity index (χ0) is 15.8. The molecule has 116 valence electrons. The minimum absolute atomic E-state index is 0.140. The fourth-order valence-corrected chi connectivity index (χ4v) is 2.67. The summed E-state index contributed by atoms with van der Waals surface area (Å²) in [6.45, 7) is 2.15. The summed E-state index contributed by atoms with van der Waals surface area (Å²) in [5, 5.41) is 7.84. The minimum Gasteiger partial charge on any atom is -0.379 e. The maximum absolute atomic E-state index is 12.3. The van der Waals surface area contributed by atoms with Crippen LogP contribution in [0, 0.1) is 5.41 Å². The van der Waals surface area contributed by atoms with Crippen molar-refractivity contribution in [3.63, 3.8) is 0 Å². The molecule has 2 rings (SSSR count). The van der Waals surface area contributed by atoms with Gasteiger partial charge in [-0.3, -0.25) is 4.79 Å². The maximum atomic E-state index is 12.3. The first-order chi connectivity index (χ1) is 9.64. The number of hydrogen-bond acceptors (Lipinski definition) is 5. The molecule has 1 saturated heterocycles. The van der Waals surface area contributed by atoms with Gasteiger partial charge in [0.2, 0.25) is 15.9 Å². The van der Waals surface area contributed by atoms with Gasteiger partial charge in [0.05, 0.1) is 34.2 Å². The molecule has 5 N–H and O–H groups in total. The smallest absolute Gasteiger partial charge is 0.238 e. The molecule has 0 bridgehead atoms. The summed E-state index contributed by atoms with van der Waals surface area (Å²) < 4.78 is 27.9. The SMILES string of the molecule is CC1(C(=O)Nc2cc(S(N)(=O)=O)ccc2Cl)COCC1N. The molecule has 0 aliphatic carbocycles. The Morgan fingerprint density at radius 2 is 2.19 bits per heavy atom. The van der Waals surface area contributed by atoms with Gasteiger partial charge in [-0.1, -0.05) is 11.6 Å². The second-order valence-electron chi connectivity index (χ2n) is 5.18. The number of amides is 1. The highest BCUT2D eigenvalue weighted by molar-refractivity contribution is 7.89. The molecular weight excluding hydrogens is 318 g/mol. The Bertz CT molecular complexity index is 679. The van der Waals surface area contributed by atoms with E-state index in [4.69, 9.17) is 27.2 Å². The van der Waals surface area contributed by atoms with E-state index >= 15 is 0 Å². The van der Waals surface area contributed by atoms with Crippen molar-refractivity contribution in [3.05, 3.63) is 23.2 Å². The normalized spacial score (nSPS) is 25.8. The lowest BCUT2D eigenvalue weighted by molar-refractivity contribution is -0.125. The summed E-state index contributed by atoms with van der Waals surface area (Å²) in [4.78, 5) is 12.2. The van der Waals surface area contributed by atoms with Crippen LogP contribution in [0.4, 0.5) is 5.69 Å². The molecule has 0 spiro atoms. The van der Waals surface area contributed by atoms with E-state index in [2.05, 4.69) is 5.32 Å². The second kappa shape index (κ2) is 5.54. The molecular formula is C12H16ClN3O4S. The Morgan fingerprint density at radius 3 is 2.71 bits per heavy atom. The highest BCUT2D eigenvalue weighted by Gasteiger charge is 2.44. The first-order valence-corrected chi connectivity index (χ1v) is 8.04. The Hall–Kier alpha value is -1.19. The molecule has 21 heavy (non-hydrogen) atoms. The number of carbonyl (C=O) groups excluding carboxylic acids is 1. The van der Waals surface area contributed by atoms with Crippen LogP contribution >= 0.6 is 11.6 Å². The van der Waals surface area contributed by atoms with Crippen molar-refractivity contribution >= 4 is 33.2 Å². The van der Waals surface area contributed by atoms with Crippen molar-refractivity contribution < 1.29 is 17.9 Å². The predicted octanol–water partition coefficient (Wildman–Crippen LogP) is 0.290. The van der Waals surface area contributed by atoms with Gasteiger partial charge in [-0.2, -0.15) is 0 Å². The summed E-state index contributed by atoms with van der Waals surface area (Å²) >= 11 is 5.97. The molecule has 9 heteroatoms. The highest BCUT2D eigenvalue weighted by Crippen LogP contribution is 2.31. The van der Waals surface area contributed by atoms with E-state index in [9.17, 15) is 13.2 Å². The molecule has 1 heterocycles. The van der Waals surface area contributed by atoms with Crippen LogP contribution in [0.2, 0.25) is 5.02 Å². The third-order valence-corrected chi connectivity index (χ3v) is 4.79. The average Bonchev–Trinajstić information content (AvgIpc) is 2.72. The van der Waals surface area contributed by atoms with Gasteiger partial charge in [0.25, 0.3) is 0 Å². The lowest BCUT2D eigenvalue weighted by atomic mass is 9.85. The fourth-order valence-electron chi connectivity index (χ4n) is 1.97. The number of primary sulfonamides is 1. The summed E-state index contributed by atoms with van der Waals surface area (Å²) in [6.07, 6.45) is 0. The van der Waals surface area contributed by atoms with Crippen molar-refractivity contribution in [2.24, 2.45) is 16.3 Å². The fraction of sp³-hybridized carbons (Fsp3) is 0.417. The van der Waals surface area contributed by atoms with E-state index in [-0.39, 0.29) is 34.7 Å². The summed E-state index contributed by atoms with van der Waals surface area (Å²) in [5.74, 6) is -0.388. The lowest BCUT2D eigenvalue weighted by Crippen LogP contribution is -2.47. The number of sulfonamides is 1. The molecule has 1 aromatic rings. The van der Waals surface area contributed by atoms with Gasteiger partial charge in [0.15, 0.2) is 0 Å². The monoisotopic (exact) mass is 333 g/mol. The van der Waals surface area contributed by atoms with Gasteiger partial charge in [-0.25, -0.2) is 13.6 Å². The van der Waals surface area contributed by atoms with Crippen molar-refractivity contribution in [1.29, 1.82) is 0 Å². The maximum Gasteiger partial charge on any atom is 0.238 e. The predicted molar refractivity (Wildman–Crippen MR) is 78.4 cm³/mol. The van der Waals surface area contributed by atoms with E-state index in [1.165, 1.54) is 18.2 Å². The number of benzene rings is 1. The summed E-state index contributed by atoms with van der Waals surface area (Å²) in [5.41, 5.74) is 5.13. The third kappa shape index (κ3) is 3.19. The Kier molecular flexibility index (Phi) is 4.27. The summed E-state index contributed by atoms with van der Waals surface area (Å²) in [6, 6.07) is 3.38. The van der Waals surface area contributed by atoms with E-state index in [0.717, 1.165) is 0 Å². The van der Waals surface area contributed by atoms with Gasteiger partial charge in [0.1, 0.15) is 0 Å². The number of anilines is 1. The van der Waals surface area contributed by atoms with Crippen LogP contribution in [0.15, 0.2) is 23.1 Å². The van der Waals surface area contributed by atoms with E-state index in [1.54, 1.807) is 6.92 Å². The molecule has 1 fully saturated rings. The van der Waals surface area contributed by atoms with Crippen LogP contribution in [0.25, 0.3) is 0 Å². The molecule has 1 aliphatic rings. The van der Waals surface area contributed by atoms with Gasteiger partial charge < -0.3 is 15.8 Å². The standard InChI is InChI=1S/C12H16ClN3O4S/c1-12(6-20-5-10(12)14)11(17)16-9-4-7(21(15,18)19)2-3-8(9)13/h2-4,10H,5-6,14H2,1H3,(H,16,17)(H2,15,18,19). The Morgan fingerprint density at radius 1 is 1.52 bits per heavy atom. The minimum atomic E-state index is -3.88. The summed E-state index contributed by atoms with van der Waals surface area (Å²) in [7, 11) is -3.88. The topological polar surface area (TPSA) is 125 Å². The van der Waals surface area contributed by atoms with Gasteiger partial charge >= 0.3 is 0 Å². The molecule has 0 aromatic heterocycles. The number of ether oxygens (including phenoxy) is 1. The number of hydrogen-bond donors (Lipinski definition) is 3. The lowest BCUT2D eigenvalue weighted by Gasteiger charge is -2.25. The van der Waals surface area contributed by atoms with Crippen LogP contribution in [0.5, 0.6) is 0 Å². The quantitative estimate of drug-likeness (QED) is 0.733. The number of rotatable bonds is 3. The third-order valence-electron chi connectivity index (χ3n) is 3.55. The highest BCUT2D eigenvalue weighted by atomic mass is 35.5. The molecule has 0 saturated carbocycles. The van der Waals surface area contributed by atoms with Crippen LogP contribution in [-0.2, 0) is 19.6 Å². The van der Waals surface area contributed by atoms with Crippen molar-refractivity contribution in [2.45, 2.75) is 17.9 Å². The molecule has 2 atom stereocenters. The molecule has 2 unspecified atom stereocenters. The first kappa shape index (κ1) is 16.2. The van der Waals surface area contributed by atoms with Crippen molar-refractivity contribution in [1.82, 2.24) is 0 Å². The molecule has 0 radical (unpaired) electrons. The molecule has 1 aliphatic heterocycles. The Labute approximate surface area is 127 Å². The van der Waals surface area contributed by atoms with Crippen molar-refractivity contribution in [3.8, 4) is 0 Å². The largest absolute Gasteiger partial charge is 0.379 e. The number of nitrogens with one attached hydrogen (secondary N) is 1. The molecule has 1 aromatic carbocycles.